The topological polar surface area (TPSA) is 43.8 Å². The third-order valence-electron chi connectivity index (χ3n) is 3.01. The van der Waals surface area contributed by atoms with Gasteiger partial charge >= 0.3 is 0 Å². The normalized spacial score (nSPS) is 11.1. The molecule has 2 aromatic rings. The molecule has 3 nitrogen and oxygen atoms in total. The summed E-state index contributed by atoms with van der Waals surface area (Å²) in [6.45, 7) is 7.35. The van der Waals surface area contributed by atoms with Crippen molar-refractivity contribution in [1.82, 2.24) is 9.55 Å². The first-order valence-electron chi connectivity index (χ1n) is 5.94. The molecule has 0 unspecified atom stereocenters. The Balaban J connectivity index is 2.36. The van der Waals surface area contributed by atoms with E-state index in [1.807, 2.05) is 10.8 Å². The fraction of sp³-hybridized carbons (Fsp3) is 0.357. The van der Waals surface area contributed by atoms with E-state index in [2.05, 4.69) is 44.0 Å². The fourth-order valence-corrected chi connectivity index (χ4v) is 2.05. The van der Waals surface area contributed by atoms with Gasteiger partial charge in [0.2, 0.25) is 0 Å². The predicted molar refractivity (Wildman–Crippen MR) is 71.0 cm³/mol. The molecule has 0 amide bonds. The van der Waals surface area contributed by atoms with Crippen molar-refractivity contribution in [3.63, 3.8) is 0 Å². The lowest BCUT2D eigenvalue weighted by atomic mass is 9.95. The summed E-state index contributed by atoms with van der Waals surface area (Å²) in [7, 11) is 0. The number of nitrogens with two attached hydrogens (primary N) is 1. The Bertz CT molecular complexity index is 512. The summed E-state index contributed by atoms with van der Waals surface area (Å²) in [4.78, 5) is 4.05. The summed E-state index contributed by atoms with van der Waals surface area (Å²) < 4.78 is 1.97. The minimum Gasteiger partial charge on any atom is -0.369 e. The second kappa shape index (κ2) is 4.62. The van der Waals surface area contributed by atoms with Gasteiger partial charge in [-0.15, -0.1) is 0 Å². The van der Waals surface area contributed by atoms with E-state index in [1.54, 1.807) is 6.20 Å². The van der Waals surface area contributed by atoms with E-state index in [4.69, 9.17) is 5.73 Å². The van der Waals surface area contributed by atoms with Gasteiger partial charge in [-0.1, -0.05) is 37.6 Å². The Morgan fingerprint density at radius 3 is 2.71 bits per heavy atom. The standard InChI is InChI=1S/C14H19N3/c1-10(2)13-8-11(3)4-5-12(13)9-17-7-6-16-14(17)15/h4-8,10H,9H2,1-3H3,(H2,15,16). The van der Waals surface area contributed by atoms with Gasteiger partial charge in [0.15, 0.2) is 5.95 Å². The van der Waals surface area contributed by atoms with E-state index in [-0.39, 0.29) is 0 Å². The minimum absolute atomic E-state index is 0.523. The number of nitrogen functional groups attached to an aromatic ring is 1. The van der Waals surface area contributed by atoms with Crippen molar-refractivity contribution in [1.29, 1.82) is 0 Å². The lowest BCUT2D eigenvalue weighted by Crippen LogP contribution is -2.06. The average Bonchev–Trinajstić information content (AvgIpc) is 2.67. The molecule has 0 spiro atoms. The third kappa shape index (κ3) is 2.49. The van der Waals surface area contributed by atoms with Crippen LogP contribution in [-0.2, 0) is 6.54 Å². The number of hydrogen-bond donors (Lipinski definition) is 1. The summed E-state index contributed by atoms with van der Waals surface area (Å²) in [6, 6.07) is 6.59. The number of anilines is 1. The molecule has 1 aromatic carbocycles. The Kier molecular flexibility index (Phi) is 3.18. The fourth-order valence-electron chi connectivity index (χ4n) is 2.05. The predicted octanol–water partition coefficient (Wildman–Crippen LogP) is 2.95. The number of aromatic nitrogens is 2. The zero-order valence-corrected chi connectivity index (χ0v) is 10.6. The molecule has 1 heterocycles. The number of rotatable bonds is 3. The van der Waals surface area contributed by atoms with Crippen LogP contribution in [0.2, 0.25) is 0 Å². The highest BCUT2D eigenvalue weighted by Crippen LogP contribution is 2.22. The Morgan fingerprint density at radius 2 is 2.12 bits per heavy atom. The van der Waals surface area contributed by atoms with Crippen molar-refractivity contribution in [3.8, 4) is 0 Å². The zero-order valence-electron chi connectivity index (χ0n) is 10.6. The van der Waals surface area contributed by atoms with Gasteiger partial charge in [-0.3, -0.25) is 0 Å². The Morgan fingerprint density at radius 1 is 1.35 bits per heavy atom. The van der Waals surface area contributed by atoms with Crippen molar-refractivity contribution in [2.75, 3.05) is 5.73 Å². The van der Waals surface area contributed by atoms with Gasteiger partial charge in [0, 0.05) is 12.4 Å². The molecule has 0 fully saturated rings. The summed E-state index contributed by atoms with van der Waals surface area (Å²) in [6.07, 6.45) is 3.65. The van der Waals surface area contributed by atoms with Gasteiger partial charge in [-0.05, 0) is 24.0 Å². The molecule has 3 heteroatoms. The lowest BCUT2D eigenvalue weighted by molar-refractivity contribution is 0.770. The smallest absolute Gasteiger partial charge is 0.200 e. The zero-order chi connectivity index (χ0) is 12.4. The van der Waals surface area contributed by atoms with E-state index in [9.17, 15) is 0 Å². The van der Waals surface area contributed by atoms with Crippen LogP contribution in [-0.4, -0.2) is 9.55 Å². The molecule has 2 rings (SSSR count). The van der Waals surface area contributed by atoms with Crippen LogP contribution in [0.5, 0.6) is 0 Å². The highest BCUT2D eigenvalue weighted by atomic mass is 15.1. The van der Waals surface area contributed by atoms with E-state index < -0.39 is 0 Å². The van der Waals surface area contributed by atoms with Crippen LogP contribution in [0.25, 0.3) is 0 Å². The molecule has 0 saturated heterocycles. The first-order chi connectivity index (χ1) is 8.08. The van der Waals surface area contributed by atoms with Gasteiger partial charge in [-0.2, -0.15) is 0 Å². The molecule has 17 heavy (non-hydrogen) atoms. The molecule has 0 saturated carbocycles. The van der Waals surface area contributed by atoms with Crippen LogP contribution >= 0.6 is 0 Å². The second-order valence-corrected chi connectivity index (χ2v) is 4.77. The average molecular weight is 229 g/mol. The summed E-state index contributed by atoms with van der Waals surface area (Å²) >= 11 is 0. The van der Waals surface area contributed by atoms with Crippen molar-refractivity contribution in [2.45, 2.75) is 33.2 Å². The van der Waals surface area contributed by atoms with E-state index in [0.29, 0.717) is 11.9 Å². The van der Waals surface area contributed by atoms with Gasteiger partial charge in [0.25, 0.3) is 0 Å². The van der Waals surface area contributed by atoms with Gasteiger partial charge in [0.1, 0.15) is 0 Å². The van der Waals surface area contributed by atoms with Crippen molar-refractivity contribution in [3.05, 3.63) is 47.3 Å². The van der Waals surface area contributed by atoms with Crippen LogP contribution < -0.4 is 5.73 Å². The highest BCUT2D eigenvalue weighted by Gasteiger charge is 2.08. The maximum atomic E-state index is 5.80. The van der Waals surface area contributed by atoms with Gasteiger partial charge < -0.3 is 10.3 Å². The second-order valence-electron chi connectivity index (χ2n) is 4.77. The Hall–Kier alpha value is -1.77. The summed E-state index contributed by atoms with van der Waals surface area (Å²) in [5.74, 6) is 1.09. The quantitative estimate of drug-likeness (QED) is 0.879. The summed E-state index contributed by atoms with van der Waals surface area (Å²) in [5, 5.41) is 0. The number of nitrogens with zero attached hydrogens (tertiary/aromatic N) is 2. The molecule has 0 aliphatic rings. The number of benzene rings is 1. The van der Waals surface area contributed by atoms with Crippen LogP contribution in [0.3, 0.4) is 0 Å². The third-order valence-corrected chi connectivity index (χ3v) is 3.01. The van der Waals surface area contributed by atoms with E-state index >= 15 is 0 Å². The first kappa shape index (κ1) is 11.7. The number of aryl methyl sites for hydroxylation is 1. The highest BCUT2D eigenvalue weighted by molar-refractivity contribution is 5.35. The first-order valence-corrected chi connectivity index (χ1v) is 5.94. The largest absolute Gasteiger partial charge is 0.369 e. The van der Waals surface area contributed by atoms with Crippen molar-refractivity contribution >= 4 is 5.95 Å². The molecule has 2 N–H and O–H groups in total. The molecule has 0 atom stereocenters. The number of hydrogen-bond acceptors (Lipinski definition) is 2. The molecule has 0 radical (unpaired) electrons. The van der Waals surface area contributed by atoms with Crippen molar-refractivity contribution in [2.24, 2.45) is 0 Å². The number of imidazole rings is 1. The molecule has 0 bridgehead atoms. The molecule has 0 aliphatic carbocycles. The lowest BCUT2D eigenvalue weighted by Gasteiger charge is -2.14. The van der Waals surface area contributed by atoms with E-state index in [1.165, 1.54) is 16.7 Å². The Labute approximate surface area is 102 Å². The van der Waals surface area contributed by atoms with Crippen molar-refractivity contribution < 1.29 is 0 Å². The molecular weight excluding hydrogens is 210 g/mol. The SMILES string of the molecule is Cc1ccc(Cn2ccnc2N)c(C(C)C)c1. The molecular formula is C14H19N3. The summed E-state index contributed by atoms with van der Waals surface area (Å²) in [5.41, 5.74) is 9.80. The maximum absolute atomic E-state index is 5.80. The van der Waals surface area contributed by atoms with E-state index in [0.717, 1.165) is 6.54 Å². The molecule has 0 aliphatic heterocycles. The van der Waals surface area contributed by atoms with Gasteiger partial charge in [0.05, 0.1) is 6.54 Å². The molecule has 1 aromatic heterocycles. The van der Waals surface area contributed by atoms with Crippen LogP contribution in [0.4, 0.5) is 5.95 Å². The van der Waals surface area contributed by atoms with Crippen LogP contribution in [0, 0.1) is 6.92 Å². The van der Waals surface area contributed by atoms with Crippen LogP contribution in [0.15, 0.2) is 30.6 Å². The maximum Gasteiger partial charge on any atom is 0.200 e. The molecule has 90 valence electrons. The van der Waals surface area contributed by atoms with Crippen LogP contribution in [0.1, 0.15) is 36.5 Å². The minimum atomic E-state index is 0.523. The van der Waals surface area contributed by atoms with Gasteiger partial charge in [-0.25, -0.2) is 4.98 Å². The monoisotopic (exact) mass is 229 g/mol.